The second-order valence-corrected chi connectivity index (χ2v) is 6.46. The maximum absolute atomic E-state index is 5.94. The molecule has 0 bridgehead atoms. The molecule has 110 valence electrons. The fourth-order valence-electron chi connectivity index (χ4n) is 2.66. The molecular formula is C16H25N3O. The molecule has 4 heteroatoms. The molecule has 2 aliphatic rings. The first-order chi connectivity index (χ1) is 9.72. The van der Waals surface area contributed by atoms with Gasteiger partial charge >= 0.3 is 0 Å². The Morgan fingerprint density at radius 2 is 2.00 bits per heavy atom. The van der Waals surface area contributed by atoms with Crippen LogP contribution in [0.4, 0.5) is 5.82 Å². The van der Waals surface area contributed by atoms with Crippen molar-refractivity contribution in [3.05, 3.63) is 18.1 Å². The lowest BCUT2D eigenvalue weighted by Crippen LogP contribution is -2.38. The van der Waals surface area contributed by atoms with E-state index in [0.29, 0.717) is 17.9 Å². The third-order valence-electron chi connectivity index (χ3n) is 4.03. The van der Waals surface area contributed by atoms with Gasteiger partial charge in [-0.1, -0.05) is 13.8 Å². The number of anilines is 1. The molecule has 3 rings (SSSR count). The summed E-state index contributed by atoms with van der Waals surface area (Å²) >= 11 is 0. The lowest BCUT2D eigenvalue weighted by molar-refractivity contribution is 0.0214. The molecule has 20 heavy (non-hydrogen) atoms. The van der Waals surface area contributed by atoms with E-state index in [4.69, 9.17) is 9.72 Å². The molecule has 0 amide bonds. The largest absolute Gasteiger partial charge is 0.378 e. The number of hydrogen-bond donors (Lipinski definition) is 0. The molecule has 2 heterocycles. The minimum atomic E-state index is 0.429. The molecule has 0 unspecified atom stereocenters. The molecule has 1 saturated heterocycles. The second kappa shape index (κ2) is 6.08. The molecule has 0 aromatic carbocycles. The van der Waals surface area contributed by atoms with Crippen LogP contribution in [0.25, 0.3) is 0 Å². The van der Waals surface area contributed by atoms with Crippen molar-refractivity contribution in [1.82, 2.24) is 9.97 Å². The topological polar surface area (TPSA) is 38.2 Å². The first-order valence-electron chi connectivity index (χ1n) is 7.92. The van der Waals surface area contributed by atoms with E-state index in [-0.39, 0.29) is 0 Å². The highest BCUT2D eigenvalue weighted by Crippen LogP contribution is 2.38. The number of rotatable bonds is 5. The Balaban J connectivity index is 1.53. The number of nitrogens with zero attached hydrogens (tertiary/aromatic N) is 3. The molecule has 0 N–H and O–H groups in total. The summed E-state index contributed by atoms with van der Waals surface area (Å²) in [6, 6.07) is 2.04. The van der Waals surface area contributed by atoms with E-state index >= 15 is 0 Å². The SMILES string of the molecule is CC(C)COC1CCN(c2ccnc(C3CC3)n2)CC1. The quantitative estimate of drug-likeness (QED) is 0.828. The van der Waals surface area contributed by atoms with Crippen molar-refractivity contribution < 1.29 is 4.74 Å². The van der Waals surface area contributed by atoms with Crippen LogP contribution in [-0.2, 0) is 4.74 Å². The van der Waals surface area contributed by atoms with Gasteiger partial charge in [-0.15, -0.1) is 0 Å². The van der Waals surface area contributed by atoms with Crippen molar-refractivity contribution in [2.45, 2.75) is 51.6 Å². The lowest BCUT2D eigenvalue weighted by atomic mass is 10.1. The van der Waals surface area contributed by atoms with E-state index in [1.165, 1.54) is 12.8 Å². The van der Waals surface area contributed by atoms with E-state index < -0.39 is 0 Å². The summed E-state index contributed by atoms with van der Waals surface area (Å²) in [5.74, 6) is 3.39. The standard InChI is InChI=1S/C16H25N3O/c1-12(2)11-20-14-6-9-19(10-7-14)15-5-8-17-16(18-15)13-3-4-13/h5,8,12-14H,3-4,6-7,9-11H2,1-2H3. The smallest absolute Gasteiger partial charge is 0.133 e. The van der Waals surface area contributed by atoms with Crippen molar-refractivity contribution in [2.75, 3.05) is 24.6 Å². The van der Waals surface area contributed by atoms with Crippen LogP contribution in [0, 0.1) is 5.92 Å². The number of hydrogen-bond acceptors (Lipinski definition) is 4. The van der Waals surface area contributed by atoms with Crippen molar-refractivity contribution in [2.24, 2.45) is 5.92 Å². The zero-order chi connectivity index (χ0) is 13.9. The molecule has 2 fully saturated rings. The van der Waals surface area contributed by atoms with Crippen molar-refractivity contribution in [1.29, 1.82) is 0 Å². The van der Waals surface area contributed by atoms with Gasteiger partial charge < -0.3 is 9.64 Å². The molecule has 0 spiro atoms. The fraction of sp³-hybridized carbons (Fsp3) is 0.750. The first kappa shape index (κ1) is 13.8. The van der Waals surface area contributed by atoms with Gasteiger partial charge in [0.2, 0.25) is 0 Å². The summed E-state index contributed by atoms with van der Waals surface area (Å²) in [4.78, 5) is 11.5. The van der Waals surface area contributed by atoms with Crippen LogP contribution in [0.1, 0.15) is 51.3 Å². The third kappa shape index (κ3) is 3.48. The molecule has 1 saturated carbocycles. The average molecular weight is 275 g/mol. The van der Waals surface area contributed by atoms with E-state index in [1.54, 1.807) is 0 Å². The normalized spacial score (nSPS) is 20.6. The van der Waals surface area contributed by atoms with Gasteiger partial charge in [0.15, 0.2) is 0 Å². The van der Waals surface area contributed by atoms with Gasteiger partial charge in [0.1, 0.15) is 11.6 Å². The first-order valence-corrected chi connectivity index (χ1v) is 7.92. The highest BCUT2D eigenvalue weighted by molar-refractivity contribution is 5.38. The van der Waals surface area contributed by atoms with E-state index in [9.17, 15) is 0 Å². The molecule has 1 aliphatic carbocycles. The van der Waals surface area contributed by atoms with Crippen LogP contribution < -0.4 is 4.90 Å². The summed E-state index contributed by atoms with van der Waals surface area (Å²) < 4.78 is 5.94. The molecule has 0 radical (unpaired) electrons. The molecular weight excluding hydrogens is 250 g/mol. The zero-order valence-electron chi connectivity index (χ0n) is 12.6. The van der Waals surface area contributed by atoms with Gasteiger partial charge in [0.05, 0.1) is 6.10 Å². The highest BCUT2D eigenvalue weighted by Gasteiger charge is 2.27. The summed E-state index contributed by atoms with van der Waals surface area (Å²) in [6.07, 6.45) is 7.07. The van der Waals surface area contributed by atoms with Crippen molar-refractivity contribution in [3.8, 4) is 0 Å². The van der Waals surface area contributed by atoms with Crippen LogP contribution in [-0.4, -0.2) is 35.8 Å². The molecule has 0 atom stereocenters. The lowest BCUT2D eigenvalue weighted by Gasteiger charge is -2.33. The Bertz CT molecular complexity index is 437. The van der Waals surface area contributed by atoms with Crippen LogP contribution in [0.15, 0.2) is 12.3 Å². The minimum Gasteiger partial charge on any atom is -0.378 e. The average Bonchev–Trinajstić information content (AvgIpc) is 3.30. The second-order valence-electron chi connectivity index (χ2n) is 6.46. The molecule has 1 aliphatic heterocycles. The Hall–Kier alpha value is -1.16. The summed E-state index contributed by atoms with van der Waals surface area (Å²) in [5, 5.41) is 0. The maximum Gasteiger partial charge on any atom is 0.133 e. The molecule has 4 nitrogen and oxygen atoms in total. The number of aromatic nitrogens is 2. The molecule has 1 aromatic rings. The van der Waals surface area contributed by atoms with Gasteiger partial charge in [-0.2, -0.15) is 0 Å². The van der Waals surface area contributed by atoms with Gasteiger partial charge in [-0.3, -0.25) is 0 Å². The Morgan fingerprint density at radius 1 is 1.25 bits per heavy atom. The summed E-state index contributed by atoms with van der Waals surface area (Å²) in [6.45, 7) is 7.38. The van der Waals surface area contributed by atoms with Gasteiger partial charge in [-0.05, 0) is 37.7 Å². The van der Waals surface area contributed by atoms with Crippen molar-refractivity contribution >= 4 is 5.82 Å². The summed E-state index contributed by atoms with van der Waals surface area (Å²) in [7, 11) is 0. The fourth-order valence-corrected chi connectivity index (χ4v) is 2.66. The van der Waals surface area contributed by atoms with E-state index in [1.807, 2.05) is 12.3 Å². The third-order valence-corrected chi connectivity index (χ3v) is 4.03. The number of piperidine rings is 1. The van der Waals surface area contributed by atoms with E-state index in [0.717, 1.165) is 44.2 Å². The molecule has 1 aromatic heterocycles. The van der Waals surface area contributed by atoms with Crippen molar-refractivity contribution in [3.63, 3.8) is 0 Å². The van der Waals surface area contributed by atoms with Crippen LogP contribution in [0.5, 0.6) is 0 Å². The number of ether oxygens (including phenoxy) is 1. The van der Waals surface area contributed by atoms with Gasteiger partial charge in [0, 0.05) is 31.8 Å². The maximum atomic E-state index is 5.94. The summed E-state index contributed by atoms with van der Waals surface area (Å²) in [5.41, 5.74) is 0. The van der Waals surface area contributed by atoms with Crippen LogP contribution in [0.2, 0.25) is 0 Å². The minimum absolute atomic E-state index is 0.429. The highest BCUT2D eigenvalue weighted by atomic mass is 16.5. The van der Waals surface area contributed by atoms with E-state index in [2.05, 4.69) is 23.7 Å². The monoisotopic (exact) mass is 275 g/mol. The van der Waals surface area contributed by atoms with Crippen LogP contribution >= 0.6 is 0 Å². The van der Waals surface area contributed by atoms with Gasteiger partial charge in [-0.25, -0.2) is 9.97 Å². The Kier molecular flexibility index (Phi) is 4.20. The Labute approximate surface area is 121 Å². The predicted octanol–water partition coefficient (Wildman–Crippen LogP) is 3.00. The Morgan fingerprint density at radius 3 is 2.65 bits per heavy atom. The van der Waals surface area contributed by atoms with Gasteiger partial charge in [0.25, 0.3) is 0 Å². The van der Waals surface area contributed by atoms with Crippen LogP contribution in [0.3, 0.4) is 0 Å². The zero-order valence-corrected chi connectivity index (χ0v) is 12.6. The predicted molar refractivity (Wildman–Crippen MR) is 80.0 cm³/mol.